The Labute approximate surface area is 199 Å². The smallest absolute Gasteiger partial charge is 0.293 e. The second-order valence-corrected chi connectivity index (χ2v) is 8.58. The first-order valence-electron chi connectivity index (χ1n) is 11.5. The summed E-state index contributed by atoms with van der Waals surface area (Å²) < 4.78 is 12.4. The lowest BCUT2D eigenvalue weighted by molar-refractivity contribution is 0.127. The standard InChI is InChI=1S/C24H34N6O4/c1-5-11-34-12-10-30-19-13-18(17-6-7-20(33-4)26-14-17)15-27-21(19)29-22(23(30)32)25-8-9-28-24(2,3)16-31/h6-7,13-15,28,31H,5,8-12,16H2,1-4H3,(H,25,27,29). The molecule has 0 bridgehead atoms. The van der Waals surface area contributed by atoms with E-state index in [0.29, 0.717) is 49.9 Å². The summed E-state index contributed by atoms with van der Waals surface area (Å²) in [5, 5.41) is 15.7. The molecule has 3 aromatic rings. The minimum absolute atomic E-state index is 0.0156. The number of nitrogens with zero attached hydrogens (tertiary/aromatic N) is 4. The average molecular weight is 471 g/mol. The van der Waals surface area contributed by atoms with Gasteiger partial charge in [0.15, 0.2) is 11.5 Å². The van der Waals surface area contributed by atoms with Crippen LogP contribution < -0.4 is 20.9 Å². The van der Waals surface area contributed by atoms with Gasteiger partial charge >= 0.3 is 0 Å². The Kier molecular flexibility index (Phi) is 8.91. The summed E-state index contributed by atoms with van der Waals surface area (Å²) in [5.41, 5.74) is 2.14. The summed E-state index contributed by atoms with van der Waals surface area (Å²) in [7, 11) is 1.57. The van der Waals surface area contributed by atoms with Gasteiger partial charge in [-0.05, 0) is 32.4 Å². The summed E-state index contributed by atoms with van der Waals surface area (Å²) in [6, 6.07) is 5.57. The van der Waals surface area contributed by atoms with Gasteiger partial charge in [0.2, 0.25) is 5.88 Å². The predicted molar refractivity (Wildman–Crippen MR) is 132 cm³/mol. The van der Waals surface area contributed by atoms with Gasteiger partial charge in [-0.3, -0.25) is 9.36 Å². The van der Waals surface area contributed by atoms with Gasteiger partial charge in [0.05, 0.1) is 25.8 Å². The zero-order chi connectivity index (χ0) is 24.6. The molecule has 0 atom stereocenters. The first-order valence-corrected chi connectivity index (χ1v) is 11.5. The number of pyridine rings is 2. The number of aromatic nitrogens is 4. The number of anilines is 1. The van der Waals surface area contributed by atoms with E-state index in [1.165, 1.54) is 0 Å². The lowest BCUT2D eigenvalue weighted by atomic mass is 10.1. The molecular formula is C24H34N6O4. The fraction of sp³-hybridized carbons (Fsp3) is 0.500. The molecule has 34 heavy (non-hydrogen) atoms. The molecule has 184 valence electrons. The summed E-state index contributed by atoms with van der Waals surface area (Å²) in [6.45, 7) is 8.33. The Morgan fingerprint density at radius 2 is 1.91 bits per heavy atom. The molecule has 0 unspecified atom stereocenters. The largest absolute Gasteiger partial charge is 0.481 e. The number of ether oxygens (including phenoxy) is 2. The molecule has 3 heterocycles. The Bertz CT molecular complexity index is 1130. The van der Waals surface area contributed by atoms with Gasteiger partial charge in [0.1, 0.15) is 0 Å². The maximum Gasteiger partial charge on any atom is 0.293 e. The zero-order valence-electron chi connectivity index (χ0n) is 20.3. The summed E-state index contributed by atoms with van der Waals surface area (Å²) in [5.74, 6) is 0.759. The van der Waals surface area contributed by atoms with Gasteiger partial charge in [-0.15, -0.1) is 0 Å². The number of aliphatic hydroxyl groups is 1. The van der Waals surface area contributed by atoms with Crippen LogP contribution in [0.5, 0.6) is 5.88 Å². The number of aliphatic hydroxyl groups excluding tert-OH is 1. The molecule has 0 aliphatic heterocycles. The van der Waals surface area contributed by atoms with E-state index in [0.717, 1.165) is 17.5 Å². The molecule has 0 fully saturated rings. The van der Waals surface area contributed by atoms with E-state index in [1.807, 2.05) is 32.9 Å². The van der Waals surface area contributed by atoms with Crippen molar-refractivity contribution in [3.05, 3.63) is 40.9 Å². The average Bonchev–Trinajstić information content (AvgIpc) is 2.85. The van der Waals surface area contributed by atoms with Gasteiger partial charge < -0.3 is 25.2 Å². The van der Waals surface area contributed by atoms with Crippen LogP contribution in [0, 0.1) is 0 Å². The topological polar surface area (TPSA) is 123 Å². The van der Waals surface area contributed by atoms with Gasteiger partial charge in [0.25, 0.3) is 5.56 Å². The van der Waals surface area contributed by atoms with E-state index in [-0.39, 0.29) is 18.0 Å². The van der Waals surface area contributed by atoms with Crippen molar-refractivity contribution in [2.45, 2.75) is 39.3 Å². The van der Waals surface area contributed by atoms with Crippen LogP contribution in [0.25, 0.3) is 22.3 Å². The molecule has 0 saturated carbocycles. The van der Waals surface area contributed by atoms with E-state index >= 15 is 0 Å². The third-order valence-electron chi connectivity index (χ3n) is 5.31. The molecule has 3 aromatic heterocycles. The fourth-order valence-electron chi connectivity index (χ4n) is 3.33. The van der Waals surface area contributed by atoms with Crippen LogP contribution in [0.15, 0.2) is 35.4 Å². The highest BCUT2D eigenvalue weighted by Gasteiger charge is 2.16. The van der Waals surface area contributed by atoms with E-state index in [1.54, 1.807) is 30.1 Å². The molecule has 3 rings (SSSR count). The molecule has 0 aliphatic rings. The van der Waals surface area contributed by atoms with Gasteiger partial charge in [-0.25, -0.2) is 15.0 Å². The predicted octanol–water partition coefficient (Wildman–Crippen LogP) is 2.06. The normalized spacial score (nSPS) is 11.7. The van der Waals surface area contributed by atoms with Gasteiger partial charge in [-0.1, -0.05) is 6.92 Å². The Morgan fingerprint density at radius 1 is 1.12 bits per heavy atom. The van der Waals surface area contributed by atoms with Crippen LogP contribution in [0.2, 0.25) is 0 Å². The number of hydrogen-bond acceptors (Lipinski definition) is 9. The van der Waals surface area contributed by atoms with Crippen molar-refractivity contribution in [2.24, 2.45) is 0 Å². The van der Waals surface area contributed by atoms with Crippen molar-refractivity contribution < 1.29 is 14.6 Å². The molecule has 0 amide bonds. The van der Waals surface area contributed by atoms with Crippen LogP contribution in [0.4, 0.5) is 5.82 Å². The van der Waals surface area contributed by atoms with E-state index in [4.69, 9.17) is 9.47 Å². The Hall–Kier alpha value is -3.08. The quantitative estimate of drug-likeness (QED) is 0.322. The highest BCUT2D eigenvalue weighted by atomic mass is 16.5. The third kappa shape index (κ3) is 6.49. The molecule has 10 nitrogen and oxygen atoms in total. The van der Waals surface area contributed by atoms with Crippen LogP contribution in [-0.4, -0.2) is 70.2 Å². The summed E-state index contributed by atoms with van der Waals surface area (Å²) >= 11 is 0. The van der Waals surface area contributed by atoms with Crippen molar-refractivity contribution in [1.29, 1.82) is 0 Å². The van der Waals surface area contributed by atoms with E-state index in [2.05, 4.69) is 25.6 Å². The SMILES string of the molecule is CCCOCCn1c(=O)c(NCCNC(C)(C)CO)nc2ncc(-c3ccc(OC)nc3)cc21. The van der Waals surface area contributed by atoms with E-state index in [9.17, 15) is 9.90 Å². The zero-order valence-corrected chi connectivity index (χ0v) is 20.3. The monoisotopic (exact) mass is 470 g/mol. The van der Waals surface area contributed by atoms with Crippen LogP contribution in [-0.2, 0) is 11.3 Å². The van der Waals surface area contributed by atoms with Gasteiger partial charge in [-0.2, -0.15) is 0 Å². The van der Waals surface area contributed by atoms with Crippen molar-refractivity contribution in [1.82, 2.24) is 24.8 Å². The van der Waals surface area contributed by atoms with Crippen molar-refractivity contribution in [2.75, 3.05) is 45.3 Å². The molecule has 0 aliphatic carbocycles. The number of fused-ring (bicyclic) bond motifs is 1. The second kappa shape index (κ2) is 11.9. The highest BCUT2D eigenvalue weighted by Crippen LogP contribution is 2.23. The van der Waals surface area contributed by atoms with Crippen molar-refractivity contribution in [3.8, 4) is 17.0 Å². The minimum atomic E-state index is -0.399. The number of rotatable bonds is 13. The summed E-state index contributed by atoms with van der Waals surface area (Å²) in [6.07, 6.45) is 4.33. The first kappa shape index (κ1) is 25.5. The number of methoxy groups -OCH3 is 1. The van der Waals surface area contributed by atoms with Crippen LogP contribution >= 0.6 is 0 Å². The van der Waals surface area contributed by atoms with E-state index < -0.39 is 5.54 Å². The maximum absolute atomic E-state index is 13.3. The molecule has 3 N–H and O–H groups in total. The Balaban J connectivity index is 1.91. The van der Waals surface area contributed by atoms with Gasteiger partial charge in [0, 0.05) is 61.4 Å². The van der Waals surface area contributed by atoms with Crippen LogP contribution in [0.3, 0.4) is 0 Å². The molecule has 0 radical (unpaired) electrons. The Morgan fingerprint density at radius 3 is 2.59 bits per heavy atom. The highest BCUT2D eigenvalue weighted by molar-refractivity contribution is 5.78. The number of nitrogens with one attached hydrogen (secondary N) is 2. The molecular weight excluding hydrogens is 436 g/mol. The maximum atomic E-state index is 13.3. The summed E-state index contributed by atoms with van der Waals surface area (Å²) in [4.78, 5) is 26.6. The van der Waals surface area contributed by atoms with Crippen LogP contribution in [0.1, 0.15) is 27.2 Å². The lowest BCUT2D eigenvalue weighted by Crippen LogP contribution is -2.44. The molecule has 0 spiro atoms. The van der Waals surface area contributed by atoms with Crippen molar-refractivity contribution in [3.63, 3.8) is 0 Å². The van der Waals surface area contributed by atoms with Crippen molar-refractivity contribution >= 4 is 17.0 Å². The molecule has 10 heteroatoms. The lowest BCUT2D eigenvalue weighted by Gasteiger charge is -2.23. The molecule has 0 saturated heterocycles. The number of hydrogen-bond donors (Lipinski definition) is 3. The first-order chi connectivity index (χ1) is 16.4. The minimum Gasteiger partial charge on any atom is -0.481 e. The second-order valence-electron chi connectivity index (χ2n) is 8.58. The fourth-order valence-corrected chi connectivity index (χ4v) is 3.33. The molecule has 0 aromatic carbocycles. The third-order valence-corrected chi connectivity index (χ3v) is 5.31.